The third-order valence-corrected chi connectivity index (χ3v) is 2.87. The Hall–Kier alpha value is -2.82. The largest absolute Gasteiger partial charge is 0.469 e. The van der Waals surface area contributed by atoms with Crippen LogP contribution in [0.4, 0.5) is 0 Å². The molecule has 0 aliphatic heterocycles. The van der Waals surface area contributed by atoms with Crippen molar-refractivity contribution in [3.05, 3.63) is 65.1 Å². The highest BCUT2D eigenvalue weighted by atomic mass is 16.3. The third-order valence-electron chi connectivity index (χ3n) is 2.87. The SMILES string of the molecule is Cc1cccc(C=CC(=O)NNC(=O)c2ccoc2C)c1. The van der Waals surface area contributed by atoms with Crippen molar-refractivity contribution in [1.29, 1.82) is 0 Å². The zero-order valence-electron chi connectivity index (χ0n) is 11.8. The molecule has 5 heteroatoms. The molecule has 0 aliphatic rings. The Morgan fingerprint density at radius 3 is 2.62 bits per heavy atom. The van der Waals surface area contributed by atoms with Crippen molar-refractivity contribution in [2.75, 3.05) is 0 Å². The van der Waals surface area contributed by atoms with Crippen LogP contribution in [0.3, 0.4) is 0 Å². The fourth-order valence-corrected chi connectivity index (χ4v) is 1.79. The normalized spacial score (nSPS) is 10.6. The molecule has 0 spiro atoms. The van der Waals surface area contributed by atoms with Crippen LogP contribution in [0.25, 0.3) is 6.08 Å². The quantitative estimate of drug-likeness (QED) is 0.671. The van der Waals surface area contributed by atoms with E-state index in [0.717, 1.165) is 11.1 Å². The van der Waals surface area contributed by atoms with Gasteiger partial charge < -0.3 is 4.42 Å². The van der Waals surface area contributed by atoms with Crippen LogP contribution in [-0.4, -0.2) is 11.8 Å². The number of furan rings is 1. The predicted molar refractivity (Wildman–Crippen MR) is 79.3 cm³/mol. The van der Waals surface area contributed by atoms with Gasteiger partial charge in [0.15, 0.2) is 0 Å². The molecule has 2 rings (SSSR count). The number of amides is 2. The van der Waals surface area contributed by atoms with Gasteiger partial charge in [0.2, 0.25) is 0 Å². The number of carbonyl (C=O) groups excluding carboxylic acids is 2. The summed E-state index contributed by atoms with van der Waals surface area (Å²) < 4.78 is 5.02. The van der Waals surface area contributed by atoms with E-state index < -0.39 is 11.8 Å². The Morgan fingerprint density at radius 2 is 1.95 bits per heavy atom. The molecule has 0 radical (unpaired) electrons. The molecule has 0 atom stereocenters. The lowest BCUT2D eigenvalue weighted by molar-refractivity contribution is -0.117. The summed E-state index contributed by atoms with van der Waals surface area (Å²) >= 11 is 0. The van der Waals surface area contributed by atoms with Gasteiger partial charge in [0.05, 0.1) is 11.8 Å². The maximum atomic E-state index is 11.7. The second-order valence-corrected chi connectivity index (χ2v) is 4.58. The summed E-state index contributed by atoms with van der Waals surface area (Å²) in [6, 6.07) is 9.28. The Balaban J connectivity index is 1.88. The summed E-state index contributed by atoms with van der Waals surface area (Å²) in [6.07, 6.45) is 4.46. The molecular formula is C16H16N2O3. The van der Waals surface area contributed by atoms with E-state index in [9.17, 15) is 9.59 Å². The number of nitrogens with one attached hydrogen (secondary N) is 2. The summed E-state index contributed by atoms with van der Waals surface area (Å²) in [5, 5.41) is 0. The average molecular weight is 284 g/mol. The molecule has 0 unspecified atom stereocenters. The number of hydrogen-bond acceptors (Lipinski definition) is 3. The molecule has 0 bridgehead atoms. The van der Waals surface area contributed by atoms with E-state index in [2.05, 4.69) is 10.9 Å². The molecule has 0 saturated carbocycles. The van der Waals surface area contributed by atoms with Crippen LogP contribution >= 0.6 is 0 Å². The van der Waals surface area contributed by atoms with Gasteiger partial charge in [0, 0.05) is 6.08 Å². The van der Waals surface area contributed by atoms with E-state index in [4.69, 9.17) is 4.42 Å². The van der Waals surface area contributed by atoms with Crippen LogP contribution < -0.4 is 10.9 Å². The Bertz CT molecular complexity index is 686. The van der Waals surface area contributed by atoms with Crippen molar-refractivity contribution >= 4 is 17.9 Å². The van der Waals surface area contributed by atoms with Gasteiger partial charge in [-0.2, -0.15) is 0 Å². The molecule has 5 nitrogen and oxygen atoms in total. The Kier molecular flexibility index (Phi) is 4.56. The van der Waals surface area contributed by atoms with Gasteiger partial charge in [-0.3, -0.25) is 20.4 Å². The molecule has 2 N–H and O–H groups in total. The number of hydrazine groups is 1. The highest BCUT2D eigenvalue weighted by Crippen LogP contribution is 2.07. The van der Waals surface area contributed by atoms with E-state index in [-0.39, 0.29) is 0 Å². The first-order valence-corrected chi connectivity index (χ1v) is 6.45. The van der Waals surface area contributed by atoms with E-state index in [1.807, 2.05) is 31.2 Å². The Morgan fingerprint density at radius 1 is 1.14 bits per heavy atom. The highest BCUT2D eigenvalue weighted by Gasteiger charge is 2.11. The molecule has 1 aromatic heterocycles. The smallest absolute Gasteiger partial charge is 0.273 e. The van der Waals surface area contributed by atoms with Gasteiger partial charge in [-0.25, -0.2) is 0 Å². The molecule has 108 valence electrons. The lowest BCUT2D eigenvalue weighted by Gasteiger charge is -2.04. The summed E-state index contributed by atoms with van der Waals surface area (Å²) in [5.74, 6) is -0.332. The molecule has 2 amide bonds. The number of rotatable bonds is 3. The maximum Gasteiger partial charge on any atom is 0.273 e. The predicted octanol–water partition coefficient (Wildman–Crippen LogP) is 2.37. The molecule has 2 aromatic rings. The van der Waals surface area contributed by atoms with E-state index in [1.165, 1.54) is 12.3 Å². The van der Waals surface area contributed by atoms with Gasteiger partial charge in [-0.05, 0) is 31.6 Å². The molecule has 1 heterocycles. The van der Waals surface area contributed by atoms with Crippen LogP contribution in [-0.2, 0) is 4.79 Å². The van der Waals surface area contributed by atoms with Gasteiger partial charge in [0.1, 0.15) is 5.76 Å². The third kappa shape index (κ3) is 4.07. The van der Waals surface area contributed by atoms with Gasteiger partial charge in [-0.1, -0.05) is 29.8 Å². The van der Waals surface area contributed by atoms with E-state index in [0.29, 0.717) is 11.3 Å². The van der Waals surface area contributed by atoms with Crippen molar-refractivity contribution in [3.63, 3.8) is 0 Å². The van der Waals surface area contributed by atoms with Crippen molar-refractivity contribution in [2.45, 2.75) is 13.8 Å². The second kappa shape index (κ2) is 6.56. The van der Waals surface area contributed by atoms with Crippen molar-refractivity contribution < 1.29 is 14.0 Å². The number of carbonyl (C=O) groups is 2. The molecular weight excluding hydrogens is 268 g/mol. The summed E-state index contributed by atoms with van der Waals surface area (Å²) in [5.41, 5.74) is 7.06. The summed E-state index contributed by atoms with van der Waals surface area (Å²) in [7, 11) is 0. The van der Waals surface area contributed by atoms with Gasteiger partial charge in [-0.15, -0.1) is 0 Å². The first-order chi connectivity index (χ1) is 10.1. The maximum absolute atomic E-state index is 11.7. The van der Waals surface area contributed by atoms with Gasteiger partial charge in [0.25, 0.3) is 11.8 Å². The van der Waals surface area contributed by atoms with Crippen LogP contribution in [0, 0.1) is 13.8 Å². The number of hydrogen-bond donors (Lipinski definition) is 2. The molecule has 0 aliphatic carbocycles. The fourth-order valence-electron chi connectivity index (χ4n) is 1.79. The topological polar surface area (TPSA) is 71.3 Å². The minimum Gasteiger partial charge on any atom is -0.469 e. The number of benzene rings is 1. The van der Waals surface area contributed by atoms with Crippen molar-refractivity contribution in [1.82, 2.24) is 10.9 Å². The van der Waals surface area contributed by atoms with Crippen LogP contribution in [0.1, 0.15) is 27.2 Å². The standard InChI is InChI=1S/C16H16N2O3/c1-11-4-3-5-13(10-11)6-7-15(19)17-18-16(20)14-8-9-21-12(14)2/h3-10H,1-2H3,(H,17,19)(H,18,20). The molecule has 21 heavy (non-hydrogen) atoms. The first-order valence-electron chi connectivity index (χ1n) is 6.45. The first kappa shape index (κ1) is 14.6. The monoisotopic (exact) mass is 284 g/mol. The minimum atomic E-state index is -0.418. The second-order valence-electron chi connectivity index (χ2n) is 4.58. The Labute approximate surface area is 122 Å². The lowest BCUT2D eigenvalue weighted by Crippen LogP contribution is -2.40. The molecule has 0 saturated heterocycles. The van der Waals surface area contributed by atoms with Crippen LogP contribution in [0.5, 0.6) is 0 Å². The average Bonchev–Trinajstić information content (AvgIpc) is 2.89. The zero-order chi connectivity index (χ0) is 15.2. The van der Waals surface area contributed by atoms with Crippen molar-refractivity contribution in [2.24, 2.45) is 0 Å². The summed E-state index contributed by atoms with van der Waals surface area (Å²) in [6.45, 7) is 3.65. The lowest BCUT2D eigenvalue weighted by atomic mass is 10.1. The van der Waals surface area contributed by atoms with E-state index in [1.54, 1.807) is 19.1 Å². The summed E-state index contributed by atoms with van der Waals surface area (Å²) in [4.78, 5) is 23.4. The van der Waals surface area contributed by atoms with Crippen molar-refractivity contribution in [3.8, 4) is 0 Å². The van der Waals surface area contributed by atoms with Gasteiger partial charge >= 0.3 is 0 Å². The number of aryl methyl sites for hydroxylation is 2. The highest BCUT2D eigenvalue weighted by molar-refractivity contribution is 5.98. The van der Waals surface area contributed by atoms with E-state index >= 15 is 0 Å². The fraction of sp³-hybridized carbons (Fsp3) is 0.125. The zero-order valence-corrected chi connectivity index (χ0v) is 11.8. The van der Waals surface area contributed by atoms with Crippen LogP contribution in [0.15, 0.2) is 47.1 Å². The molecule has 0 fully saturated rings. The minimum absolute atomic E-state index is 0.387. The van der Waals surface area contributed by atoms with Crippen LogP contribution in [0.2, 0.25) is 0 Å². The molecule has 1 aromatic carbocycles.